The second kappa shape index (κ2) is 6.97. The maximum atomic E-state index is 14.2. The third kappa shape index (κ3) is 3.66. The van der Waals surface area contributed by atoms with E-state index in [0.717, 1.165) is 32.6 Å². The number of benzene rings is 2. The summed E-state index contributed by atoms with van der Waals surface area (Å²) in [6.45, 7) is -0.0308. The minimum atomic E-state index is -3.39. The highest BCUT2D eigenvalue weighted by molar-refractivity contribution is 7.88. The van der Waals surface area contributed by atoms with Gasteiger partial charge in [0.15, 0.2) is 0 Å². The van der Waals surface area contributed by atoms with Crippen LogP contribution in [0.1, 0.15) is 5.56 Å². The van der Waals surface area contributed by atoms with Gasteiger partial charge in [0, 0.05) is 31.6 Å². The van der Waals surface area contributed by atoms with E-state index in [9.17, 15) is 12.8 Å². The molecule has 1 aromatic heterocycles. The van der Waals surface area contributed by atoms with Crippen LogP contribution in [0.2, 0.25) is 0 Å². The Hall–Kier alpha value is -2.58. The predicted octanol–water partition coefficient (Wildman–Crippen LogP) is 2.87. The lowest BCUT2D eigenvalue weighted by atomic mass is 10.0. The van der Waals surface area contributed by atoms with Crippen molar-refractivity contribution >= 4 is 26.7 Å². The zero-order valence-electron chi connectivity index (χ0n) is 14.7. The molecule has 1 N–H and O–H groups in total. The lowest BCUT2D eigenvalue weighted by Gasteiger charge is -2.15. The summed E-state index contributed by atoms with van der Waals surface area (Å²) in [5, 5.41) is 3.88. The van der Waals surface area contributed by atoms with Crippen LogP contribution in [-0.4, -0.2) is 43.0 Å². The van der Waals surface area contributed by atoms with E-state index in [4.69, 9.17) is 0 Å². The summed E-state index contributed by atoms with van der Waals surface area (Å²) in [6, 6.07) is 10.4. The van der Waals surface area contributed by atoms with E-state index in [1.54, 1.807) is 19.2 Å². The van der Waals surface area contributed by atoms with Crippen LogP contribution < -0.4 is 5.32 Å². The quantitative estimate of drug-likeness (QED) is 0.743. The van der Waals surface area contributed by atoms with Crippen LogP contribution in [0.25, 0.3) is 22.0 Å². The van der Waals surface area contributed by atoms with Crippen molar-refractivity contribution < 1.29 is 12.8 Å². The largest absolute Gasteiger partial charge is 0.373 e. The van der Waals surface area contributed by atoms with Crippen LogP contribution in [0.15, 0.2) is 42.7 Å². The fraction of sp³-hybridized carbons (Fsp3) is 0.222. The lowest BCUT2D eigenvalue weighted by Crippen LogP contribution is -2.25. The molecule has 26 heavy (non-hydrogen) atoms. The molecule has 0 bridgehead atoms. The Labute approximate surface area is 151 Å². The van der Waals surface area contributed by atoms with Gasteiger partial charge < -0.3 is 5.32 Å². The summed E-state index contributed by atoms with van der Waals surface area (Å²) in [6.07, 6.45) is 2.59. The fourth-order valence-electron chi connectivity index (χ4n) is 2.67. The average molecular weight is 374 g/mol. The highest BCUT2D eigenvalue weighted by Gasteiger charge is 2.15. The summed E-state index contributed by atoms with van der Waals surface area (Å²) < 4.78 is 38.5. The van der Waals surface area contributed by atoms with Gasteiger partial charge in [0.1, 0.15) is 18.0 Å². The molecule has 0 saturated carbocycles. The Kier molecular flexibility index (Phi) is 4.88. The summed E-state index contributed by atoms with van der Waals surface area (Å²) in [5.41, 5.74) is 2.77. The average Bonchev–Trinajstić information content (AvgIpc) is 2.61. The minimum Gasteiger partial charge on any atom is -0.373 e. The fourth-order valence-corrected chi connectivity index (χ4v) is 3.04. The van der Waals surface area contributed by atoms with Crippen molar-refractivity contribution in [1.82, 2.24) is 14.3 Å². The van der Waals surface area contributed by atoms with Gasteiger partial charge in [-0.3, -0.25) is 0 Å². The number of aromatic nitrogens is 2. The summed E-state index contributed by atoms with van der Waals surface area (Å²) in [4.78, 5) is 8.44. The van der Waals surface area contributed by atoms with Gasteiger partial charge >= 0.3 is 0 Å². The van der Waals surface area contributed by atoms with Crippen molar-refractivity contribution in [3.05, 3.63) is 54.1 Å². The van der Waals surface area contributed by atoms with E-state index < -0.39 is 15.8 Å². The molecule has 3 rings (SSSR count). The maximum Gasteiger partial charge on any atom is 0.211 e. The number of rotatable bonds is 5. The van der Waals surface area contributed by atoms with Crippen LogP contribution in [0.4, 0.5) is 10.2 Å². The molecule has 2 aromatic carbocycles. The van der Waals surface area contributed by atoms with E-state index >= 15 is 0 Å². The molecule has 0 radical (unpaired) electrons. The van der Waals surface area contributed by atoms with Crippen molar-refractivity contribution in [2.24, 2.45) is 0 Å². The Morgan fingerprint density at radius 2 is 1.81 bits per heavy atom. The van der Waals surface area contributed by atoms with Crippen molar-refractivity contribution in [1.29, 1.82) is 0 Å². The number of anilines is 1. The number of halogens is 1. The Balaban J connectivity index is 2.05. The smallest absolute Gasteiger partial charge is 0.211 e. The zero-order chi connectivity index (χ0) is 18.9. The minimum absolute atomic E-state index is 0.0308. The van der Waals surface area contributed by atoms with Gasteiger partial charge in [0.2, 0.25) is 10.0 Å². The molecule has 8 heteroatoms. The number of hydrogen-bond acceptors (Lipinski definition) is 5. The van der Waals surface area contributed by atoms with Gasteiger partial charge in [0.05, 0.1) is 11.8 Å². The summed E-state index contributed by atoms with van der Waals surface area (Å²) in [7, 11) is -0.183. The van der Waals surface area contributed by atoms with Crippen LogP contribution in [0.5, 0.6) is 0 Å². The van der Waals surface area contributed by atoms with Gasteiger partial charge in [-0.05, 0) is 35.4 Å². The Morgan fingerprint density at radius 3 is 2.50 bits per heavy atom. The first-order chi connectivity index (χ1) is 12.3. The molecule has 3 aromatic rings. The predicted molar refractivity (Wildman–Crippen MR) is 101 cm³/mol. The molecule has 1 heterocycles. The maximum absolute atomic E-state index is 14.2. The van der Waals surface area contributed by atoms with Gasteiger partial charge in [-0.25, -0.2) is 27.1 Å². The van der Waals surface area contributed by atoms with Gasteiger partial charge in [0.25, 0.3) is 0 Å². The molecule has 0 saturated heterocycles. The molecular weight excluding hydrogens is 355 g/mol. The number of sulfonamides is 1. The number of fused-ring (bicyclic) bond motifs is 1. The van der Waals surface area contributed by atoms with Crippen molar-refractivity contribution in [3.8, 4) is 11.1 Å². The standard InChI is InChI=1S/C18H19FN4O2S/c1-20-18-15-9-13(5-7-17(15)21-11-22-18)12-4-6-16(19)14(8-12)10-23(2)26(3,24)25/h4-9,11H,10H2,1-3H3,(H,20,21,22). The summed E-state index contributed by atoms with van der Waals surface area (Å²) in [5.74, 6) is 0.264. The Morgan fingerprint density at radius 1 is 1.12 bits per heavy atom. The molecule has 136 valence electrons. The number of nitrogens with zero attached hydrogens (tertiary/aromatic N) is 3. The molecule has 6 nitrogen and oxygen atoms in total. The zero-order valence-corrected chi connectivity index (χ0v) is 15.5. The van der Waals surface area contributed by atoms with E-state index in [-0.39, 0.29) is 6.54 Å². The SMILES string of the molecule is CNc1ncnc2ccc(-c3ccc(F)c(CN(C)S(C)(=O)=O)c3)cc12. The van der Waals surface area contributed by atoms with Crippen molar-refractivity contribution in [3.63, 3.8) is 0 Å². The van der Waals surface area contributed by atoms with Gasteiger partial charge in [-0.1, -0.05) is 12.1 Å². The van der Waals surface area contributed by atoms with E-state index in [1.807, 2.05) is 18.2 Å². The first-order valence-electron chi connectivity index (χ1n) is 7.92. The van der Waals surface area contributed by atoms with Gasteiger partial charge in [-0.15, -0.1) is 0 Å². The molecule has 0 aliphatic heterocycles. The molecular formula is C18H19FN4O2S. The number of nitrogens with one attached hydrogen (secondary N) is 1. The first kappa shape index (κ1) is 18.2. The second-order valence-corrected chi connectivity index (χ2v) is 8.12. The normalized spacial score (nSPS) is 11.9. The molecule has 0 unspecified atom stereocenters. The molecule has 0 aliphatic carbocycles. The van der Waals surface area contributed by atoms with E-state index in [0.29, 0.717) is 11.4 Å². The van der Waals surface area contributed by atoms with E-state index in [1.165, 1.54) is 19.4 Å². The van der Waals surface area contributed by atoms with Gasteiger partial charge in [-0.2, -0.15) is 0 Å². The highest BCUT2D eigenvalue weighted by Crippen LogP contribution is 2.28. The van der Waals surface area contributed by atoms with Crippen LogP contribution in [0.3, 0.4) is 0 Å². The first-order valence-corrected chi connectivity index (χ1v) is 9.77. The molecule has 0 aliphatic rings. The van der Waals surface area contributed by atoms with Crippen LogP contribution in [0, 0.1) is 5.82 Å². The van der Waals surface area contributed by atoms with Crippen LogP contribution in [-0.2, 0) is 16.6 Å². The number of hydrogen-bond donors (Lipinski definition) is 1. The summed E-state index contributed by atoms with van der Waals surface area (Å²) >= 11 is 0. The molecule has 0 amide bonds. The monoisotopic (exact) mass is 374 g/mol. The third-order valence-electron chi connectivity index (χ3n) is 4.21. The van der Waals surface area contributed by atoms with E-state index in [2.05, 4.69) is 15.3 Å². The molecule has 0 fully saturated rings. The molecule has 0 atom stereocenters. The van der Waals surface area contributed by atoms with Crippen molar-refractivity contribution in [2.75, 3.05) is 25.7 Å². The lowest BCUT2D eigenvalue weighted by molar-refractivity contribution is 0.461. The topological polar surface area (TPSA) is 75.2 Å². The van der Waals surface area contributed by atoms with Crippen LogP contribution >= 0.6 is 0 Å². The highest BCUT2D eigenvalue weighted by atomic mass is 32.2. The third-order valence-corrected chi connectivity index (χ3v) is 5.47. The molecule has 0 spiro atoms. The van der Waals surface area contributed by atoms with Crippen molar-refractivity contribution in [2.45, 2.75) is 6.54 Å². The Bertz CT molecular complexity index is 1070. The second-order valence-electron chi connectivity index (χ2n) is 6.03.